The van der Waals surface area contributed by atoms with Gasteiger partial charge in [-0.1, -0.05) is 37.3 Å². The van der Waals surface area contributed by atoms with Gasteiger partial charge in [0, 0.05) is 45.2 Å². The van der Waals surface area contributed by atoms with E-state index in [0.29, 0.717) is 6.54 Å². The van der Waals surface area contributed by atoms with Crippen molar-refractivity contribution in [3.8, 4) is 0 Å². The van der Waals surface area contributed by atoms with Gasteiger partial charge in [0.15, 0.2) is 0 Å². The van der Waals surface area contributed by atoms with E-state index in [0.717, 1.165) is 39.1 Å². The van der Waals surface area contributed by atoms with Crippen molar-refractivity contribution in [2.45, 2.75) is 19.9 Å². The molecule has 2 N–H and O–H groups in total. The Hall–Kier alpha value is -0.810. The predicted octanol–water partition coefficient (Wildman–Crippen LogP) is 2.16. The topological polar surface area (TPSA) is 49.6 Å². The Balaban J connectivity index is 0.00000220. The normalized spacial score (nSPS) is 16.9. The summed E-state index contributed by atoms with van der Waals surface area (Å²) in [6.45, 7) is 6.98. The summed E-state index contributed by atoms with van der Waals surface area (Å²) in [7, 11) is 0. The lowest BCUT2D eigenvalue weighted by molar-refractivity contribution is -0.134. The largest absolute Gasteiger partial charge is 0.341 e. The fraction of sp³-hybridized carbons (Fsp3) is 0.562. The van der Waals surface area contributed by atoms with E-state index in [2.05, 4.69) is 29.2 Å². The summed E-state index contributed by atoms with van der Waals surface area (Å²) in [5.41, 5.74) is 6.93. The van der Waals surface area contributed by atoms with Crippen molar-refractivity contribution in [1.29, 1.82) is 0 Å². The molecule has 0 aliphatic carbocycles. The van der Waals surface area contributed by atoms with Gasteiger partial charge in [0.2, 0.25) is 5.91 Å². The summed E-state index contributed by atoms with van der Waals surface area (Å²) >= 11 is 0. The number of rotatable bonds is 4. The quantitative estimate of drug-likeness (QED) is 0.907. The lowest BCUT2D eigenvalue weighted by Crippen LogP contribution is -2.40. The molecule has 2 rings (SSSR count). The van der Waals surface area contributed by atoms with Gasteiger partial charge in [-0.25, -0.2) is 0 Å². The standard InChI is InChI=1S/C16H25N3O.2ClH/c1-14(12-17)16(20)19-9-5-8-18(10-11-19)13-15-6-3-2-4-7-15;;/h2-4,6-7,14H,5,8-13,17H2,1H3;2*1H. The summed E-state index contributed by atoms with van der Waals surface area (Å²) in [4.78, 5) is 16.6. The van der Waals surface area contributed by atoms with Crippen LogP contribution >= 0.6 is 24.8 Å². The van der Waals surface area contributed by atoms with Crippen LogP contribution in [-0.2, 0) is 11.3 Å². The zero-order valence-corrected chi connectivity index (χ0v) is 14.7. The highest BCUT2D eigenvalue weighted by Crippen LogP contribution is 2.11. The number of benzene rings is 1. The third kappa shape index (κ3) is 6.13. The molecule has 1 atom stereocenters. The highest BCUT2D eigenvalue weighted by atomic mass is 35.5. The van der Waals surface area contributed by atoms with E-state index in [9.17, 15) is 4.79 Å². The monoisotopic (exact) mass is 347 g/mol. The fourth-order valence-corrected chi connectivity index (χ4v) is 2.60. The van der Waals surface area contributed by atoms with Gasteiger partial charge in [0.1, 0.15) is 0 Å². The van der Waals surface area contributed by atoms with Crippen molar-refractivity contribution < 1.29 is 4.79 Å². The highest BCUT2D eigenvalue weighted by molar-refractivity contribution is 5.85. The third-order valence-corrected chi connectivity index (χ3v) is 3.92. The number of nitrogens with two attached hydrogens (primary N) is 1. The molecule has 126 valence electrons. The molecule has 0 aromatic heterocycles. The van der Waals surface area contributed by atoms with Crippen LogP contribution in [0.25, 0.3) is 0 Å². The van der Waals surface area contributed by atoms with Crippen molar-refractivity contribution in [3.05, 3.63) is 35.9 Å². The van der Waals surface area contributed by atoms with Gasteiger partial charge in [-0.3, -0.25) is 9.69 Å². The van der Waals surface area contributed by atoms with Gasteiger partial charge in [-0.2, -0.15) is 0 Å². The molecule has 6 heteroatoms. The number of hydrogen-bond acceptors (Lipinski definition) is 3. The second kappa shape index (κ2) is 10.8. The van der Waals surface area contributed by atoms with Crippen molar-refractivity contribution in [1.82, 2.24) is 9.80 Å². The summed E-state index contributed by atoms with van der Waals surface area (Å²) in [5.74, 6) is 0.143. The molecule has 1 heterocycles. The number of carbonyl (C=O) groups is 1. The Labute approximate surface area is 145 Å². The van der Waals surface area contributed by atoms with Gasteiger partial charge in [-0.15, -0.1) is 24.8 Å². The molecular formula is C16H27Cl2N3O. The van der Waals surface area contributed by atoms with Crippen LogP contribution in [-0.4, -0.2) is 48.4 Å². The van der Waals surface area contributed by atoms with Crippen LogP contribution in [0.4, 0.5) is 0 Å². The van der Waals surface area contributed by atoms with Crippen LogP contribution in [0, 0.1) is 5.92 Å². The number of amides is 1. The van der Waals surface area contributed by atoms with Gasteiger partial charge < -0.3 is 10.6 Å². The second-order valence-electron chi connectivity index (χ2n) is 5.58. The first-order valence-electron chi connectivity index (χ1n) is 7.46. The average Bonchev–Trinajstić information content (AvgIpc) is 2.72. The lowest BCUT2D eigenvalue weighted by Gasteiger charge is -2.24. The molecule has 1 aromatic rings. The lowest BCUT2D eigenvalue weighted by atomic mass is 10.1. The molecule has 1 fully saturated rings. The summed E-state index contributed by atoms with van der Waals surface area (Å²) in [6, 6.07) is 10.5. The molecule has 1 saturated heterocycles. The molecule has 22 heavy (non-hydrogen) atoms. The van der Waals surface area contributed by atoms with E-state index in [1.165, 1.54) is 5.56 Å². The third-order valence-electron chi connectivity index (χ3n) is 3.92. The zero-order chi connectivity index (χ0) is 14.4. The van der Waals surface area contributed by atoms with Crippen LogP contribution in [0.3, 0.4) is 0 Å². The minimum Gasteiger partial charge on any atom is -0.341 e. The van der Waals surface area contributed by atoms with Crippen LogP contribution < -0.4 is 5.73 Å². The van der Waals surface area contributed by atoms with E-state index in [1.54, 1.807) is 0 Å². The summed E-state index contributed by atoms with van der Waals surface area (Å²) in [5, 5.41) is 0. The van der Waals surface area contributed by atoms with Crippen LogP contribution in [0.5, 0.6) is 0 Å². The van der Waals surface area contributed by atoms with Gasteiger partial charge in [0.25, 0.3) is 0 Å². The maximum absolute atomic E-state index is 12.2. The highest BCUT2D eigenvalue weighted by Gasteiger charge is 2.22. The number of nitrogens with zero attached hydrogens (tertiary/aromatic N) is 2. The predicted molar refractivity (Wildman–Crippen MR) is 95.6 cm³/mol. The number of hydrogen-bond donors (Lipinski definition) is 1. The molecule has 1 aliphatic heterocycles. The smallest absolute Gasteiger partial charge is 0.226 e. The zero-order valence-electron chi connectivity index (χ0n) is 13.1. The fourth-order valence-electron chi connectivity index (χ4n) is 2.60. The summed E-state index contributed by atoms with van der Waals surface area (Å²) < 4.78 is 0. The summed E-state index contributed by atoms with van der Waals surface area (Å²) in [6.07, 6.45) is 1.04. The van der Waals surface area contributed by atoms with E-state index in [4.69, 9.17) is 5.73 Å². The van der Waals surface area contributed by atoms with Crippen molar-refractivity contribution >= 4 is 30.7 Å². The van der Waals surface area contributed by atoms with Crippen LogP contribution in [0.1, 0.15) is 18.9 Å². The first kappa shape index (κ1) is 21.2. The van der Waals surface area contributed by atoms with Crippen LogP contribution in [0.15, 0.2) is 30.3 Å². The van der Waals surface area contributed by atoms with E-state index in [-0.39, 0.29) is 36.6 Å². The minimum atomic E-state index is -0.0596. The molecule has 0 spiro atoms. The van der Waals surface area contributed by atoms with Gasteiger partial charge in [0.05, 0.1) is 0 Å². The van der Waals surface area contributed by atoms with Gasteiger partial charge in [-0.05, 0) is 12.0 Å². The molecule has 1 unspecified atom stereocenters. The SMILES string of the molecule is CC(CN)C(=O)N1CCCN(Cc2ccccc2)CC1.Cl.Cl. The van der Waals surface area contributed by atoms with Crippen molar-refractivity contribution in [3.63, 3.8) is 0 Å². The Kier molecular flexibility index (Phi) is 10.4. The molecule has 4 nitrogen and oxygen atoms in total. The Morgan fingerprint density at radius 1 is 1.14 bits per heavy atom. The Morgan fingerprint density at radius 2 is 1.82 bits per heavy atom. The second-order valence-corrected chi connectivity index (χ2v) is 5.58. The molecule has 1 aliphatic rings. The Bertz CT molecular complexity index is 431. The van der Waals surface area contributed by atoms with E-state index in [1.807, 2.05) is 17.9 Å². The first-order chi connectivity index (χ1) is 9.70. The molecule has 0 saturated carbocycles. The van der Waals surface area contributed by atoms with Gasteiger partial charge >= 0.3 is 0 Å². The molecule has 1 amide bonds. The Morgan fingerprint density at radius 3 is 2.45 bits per heavy atom. The van der Waals surface area contributed by atoms with Crippen molar-refractivity contribution in [2.24, 2.45) is 11.7 Å². The first-order valence-corrected chi connectivity index (χ1v) is 7.46. The molecule has 1 aromatic carbocycles. The maximum atomic E-state index is 12.2. The molecular weight excluding hydrogens is 321 g/mol. The number of halogens is 2. The minimum absolute atomic E-state index is 0. The van der Waals surface area contributed by atoms with E-state index >= 15 is 0 Å². The van der Waals surface area contributed by atoms with E-state index < -0.39 is 0 Å². The number of carbonyl (C=O) groups excluding carboxylic acids is 1. The molecule has 0 radical (unpaired) electrons. The molecule has 0 bridgehead atoms. The van der Waals surface area contributed by atoms with Crippen LogP contribution in [0.2, 0.25) is 0 Å². The average molecular weight is 348 g/mol. The van der Waals surface area contributed by atoms with Crippen molar-refractivity contribution in [2.75, 3.05) is 32.7 Å². The maximum Gasteiger partial charge on any atom is 0.226 e.